The summed E-state index contributed by atoms with van der Waals surface area (Å²) in [6.45, 7) is 24.2. The van der Waals surface area contributed by atoms with Crippen LogP contribution >= 0.6 is 0 Å². The number of hydrogen-bond acceptors (Lipinski definition) is 1. The highest BCUT2D eigenvalue weighted by Gasteiger charge is 2.50. The minimum absolute atomic E-state index is 0.0253. The normalized spacial score (nSPS) is 15.6. The molecular weight excluding hydrogens is 773 g/mol. The lowest BCUT2D eigenvalue weighted by Crippen LogP contribution is -2.60. The van der Waals surface area contributed by atoms with Crippen molar-refractivity contribution in [1.82, 2.24) is 9.13 Å². The van der Waals surface area contributed by atoms with E-state index in [0.29, 0.717) is 0 Å². The topological polar surface area (TPSA) is 13.1 Å². The molecule has 64 heavy (non-hydrogen) atoms. The van der Waals surface area contributed by atoms with Gasteiger partial charge in [0, 0.05) is 66.5 Å². The van der Waals surface area contributed by atoms with Gasteiger partial charge in [0.25, 0.3) is 6.71 Å². The highest BCUT2D eigenvalue weighted by molar-refractivity contribution is 7.00. The molecule has 3 nitrogen and oxygen atoms in total. The summed E-state index contributed by atoms with van der Waals surface area (Å²) in [5.74, 6) is 0. The summed E-state index contributed by atoms with van der Waals surface area (Å²) in [5.41, 5.74) is 26.3. The number of fused-ring (bicyclic) bond motifs is 14. The molecule has 2 aliphatic carbocycles. The van der Waals surface area contributed by atoms with Crippen molar-refractivity contribution in [2.75, 3.05) is 4.90 Å². The molecule has 13 rings (SSSR count). The van der Waals surface area contributed by atoms with Gasteiger partial charge in [0.05, 0.1) is 17.1 Å². The van der Waals surface area contributed by atoms with E-state index < -0.39 is 0 Å². The van der Waals surface area contributed by atoms with Crippen LogP contribution in [0.15, 0.2) is 146 Å². The van der Waals surface area contributed by atoms with E-state index in [1.165, 1.54) is 105 Å². The Hall–Kier alpha value is -6.52. The molecule has 4 heteroatoms. The van der Waals surface area contributed by atoms with Crippen molar-refractivity contribution in [3.63, 3.8) is 0 Å². The van der Waals surface area contributed by atoms with Crippen molar-refractivity contribution in [3.8, 4) is 33.9 Å². The minimum atomic E-state index is -0.190. The molecule has 0 spiro atoms. The Morgan fingerprint density at radius 2 is 0.844 bits per heavy atom. The van der Waals surface area contributed by atoms with Crippen LogP contribution < -0.4 is 21.3 Å². The molecule has 0 unspecified atom stereocenters. The summed E-state index contributed by atoms with van der Waals surface area (Å²) in [5, 5.41) is 2.78. The van der Waals surface area contributed by atoms with Gasteiger partial charge in [-0.15, -0.1) is 0 Å². The zero-order valence-electron chi connectivity index (χ0n) is 38.8. The van der Waals surface area contributed by atoms with Crippen LogP contribution in [0, 0.1) is 0 Å². The van der Waals surface area contributed by atoms with E-state index in [9.17, 15) is 0 Å². The van der Waals surface area contributed by atoms with Crippen LogP contribution in [0.5, 0.6) is 0 Å². The first-order chi connectivity index (χ1) is 30.6. The summed E-state index contributed by atoms with van der Waals surface area (Å²) in [7, 11) is 0. The van der Waals surface area contributed by atoms with E-state index >= 15 is 0 Å². The fraction of sp³-hybridized carbons (Fsp3) is 0.233. The van der Waals surface area contributed by atoms with Gasteiger partial charge >= 0.3 is 0 Å². The van der Waals surface area contributed by atoms with Gasteiger partial charge < -0.3 is 14.0 Å². The second-order valence-electron chi connectivity index (χ2n) is 22.2. The van der Waals surface area contributed by atoms with Crippen LogP contribution in [-0.4, -0.2) is 15.8 Å². The molecule has 0 saturated carbocycles. The zero-order valence-corrected chi connectivity index (χ0v) is 38.8. The molecule has 4 aliphatic rings. The first-order valence-electron chi connectivity index (χ1n) is 23.3. The van der Waals surface area contributed by atoms with Gasteiger partial charge in [-0.05, 0) is 109 Å². The van der Waals surface area contributed by atoms with E-state index in [1.807, 2.05) is 0 Å². The Morgan fingerprint density at radius 3 is 1.25 bits per heavy atom. The SMILES string of the molecule is CC(C)(C)c1cc2c3c(c1)c1c(n3-c3cc(N(c4ccccc4)c4ccccc4)cc4c3B2c2cc(C(C)(C)C)cc3c5c(n-4c23)-c2ccccc2C5(C)C)-c2ccccc2C1(C)C. The predicted octanol–water partition coefficient (Wildman–Crippen LogP) is 13.4. The lowest BCUT2D eigenvalue weighted by molar-refractivity contribution is 0.591. The van der Waals surface area contributed by atoms with Gasteiger partial charge in [0.1, 0.15) is 0 Å². The second kappa shape index (κ2) is 12.2. The van der Waals surface area contributed by atoms with Crippen molar-refractivity contribution in [1.29, 1.82) is 0 Å². The maximum atomic E-state index is 2.73. The molecule has 0 N–H and O–H groups in total. The average Bonchev–Trinajstić information content (AvgIpc) is 3.95. The first kappa shape index (κ1) is 38.0. The number of para-hydroxylation sites is 2. The van der Waals surface area contributed by atoms with E-state index in [2.05, 4.69) is 229 Å². The number of benzene rings is 7. The number of nitrogens with zero attached hydrogens (tertiary/aromatic N) is 3. The Kier molecular flexibility index (Phi) is 7.23. The molecule has 7 aromatic carbocycles. The Labute approximate surface area is 378 Å². The molecule has 4 heterocycles. The number of aromatic nitrogens is 2. The minimum Gasteiger partial charge on any atom is -0.310 e. The summed E-state index contributed by atoms with van der Waals surface area (Å²) >= 11 is 0. The molecule has 0 bridgehead atoms. The van der Waals surface area contributed by atoms with E-state index in [-0.39, 0.29) is 28.4 Å². The molecule has 0 amide bonds. The van der Waals surface area contributed by atoms with E-state index in [1.54, 1.807) is 0 Å². The standard InChI is InChI=1S/C60H54BN3/c1-57(2,3)35-29-42-50-55(40-25-17-19-27-44(40)59(50,7)8)63-48-33-39(62(37-21-13-11-14-22-37)38-23-15-12-16-24-38)34-49-52(48)61(46(31-35)53(42)63)47-32-36(58(4,5)6)30-43-51-56(64(49)54(43)47)41-26-18-20-28-45(41)60(51,9)10/h11-34H,1-10H3. The number of anilines is 3. The number of hydrogen-bond donors (Lipinski definition) is 0. The largest absolute Gasteiger partial charge is 0.310 e. The van der Waals surface area contributed by atoms with Gasteiger partial charge in [-0.25, -0.2) is 0 Å². The second-order valence-corrected chi connectivity index (χ2v) is 22.2. The molecule has 2 aliphatic heterocycles. The van der Waals surface area contributed by atoms with Gasteiger partial charge in [-0.3, -0.25) is 0 Å². The monoisotopic (exact) mass is 827 g/mol. The molecular formula is C60H54BN3. The number of rotatable bonds is 3. The highest BCUT2D eigenvalue weighted by Crippen LogP contribution is 2.57. The zero-order chi connectivity index (χ0) is 44.0. The molecule has 0 atom stereocenters. The quantitative estimate of drug-likeness (QED) is 0.162. The smallest absolute Gasteiger partial charge is 0.252 e. The van der Waals surface area contributed by atoms with E-state index in [4.69, 9.17) is 0 Å². The molecule has 312 valence electrons. The first-order valence-corrected chi connectivity index (χ1v) is 23.3. The van der Waals surface area contributed by atoms with Crippen molar-refractivity contribution < 1.29 is 0 Å². The lowest BCUT2D eigenvalue weighted by atomic mass is 9.33. The Bertz CT molecular complexity index is 3280. The average molecular weight is 828 g/mol. The maximum absolute atomic E-state index is 2.73. The van der Waals surface area contributed by atoms with Gasteiger partial charge in [0.2, 0.25) is 0 Å². The molecule has 0 radical (unpaired) electrons. The Balaban J connectivity index is 1.28. The lowest BCUT2D eigenvalue weighted by Gasteiger charge is -2.37. The molecule has 2 aromatic heterocycles. The summed E-state index contributed by atoms with van der Waals surface area (Å²) in [4.78, 5) is 2.47. The third-order valence-corrected chi connectivity index (χ3v) is 15.7. The van der Waals surface area contributed by atoms with Crippen molar-refractivity contribution in [2.45, 2.75) is 90.9 Å². The summed E-state index contributed by atoms with van der Waals surface area (Å²) < 4.78 is 5.45. The Morgan fingerprint density at radius 1 is 0.453 bits per heavy atom. The predicted molar refractivity (Wildman–Crippen MR) is 272 cm³/mol. The fourth-order valence-corrected chi connectivity index (χ4v) is 12.7. The van der Waals surface area contributed by atoms with Crippen molar-refractivity contribution in [2.24, 2.45) is 0 Å². The third kappa shape index (κ3) is 4.69. The van der Waals surface area contributed by atoms with Crippen LogP contribution in [-0.2, 0) is 21.7 Å². The molecule has 0 fully saturated rings. The van der Waals surface area contributed by atoms with Gasteiger partial charge in [-0.1, -0.05) is 166 Å². The van der Waals surface area contributed by atoms with Crippen LogP contribution in [0.25, 0.3) is 55.7 Å². The van der Waals surface area contributed by atoms with Gasteiger partial charge in [0.15, 0.2) is 0 Å². The summed E-state index contributed by atoms with van der Waals surface area (Å²) in [6.07, 6.45) is 0. The van der Waals surface area contributed by atoms with Crippen LogP contribution in [0.1, 0.15) is 103 Å². The van der Waals surface area contributed by atoms with Crippen molar-refractivity contribution >= 4 is 62.0 Å². The van der Waals surface area contributed by atoms with E-state index in [0.717, 1.165) is 17.1 Å². The van der Waals surface area contributed by atoms with Crippen molar-refractivity contribution in [3.05, 3.63) is 179 Å². The molecule has 9 aromatic rings. The molecule has 0 saturated heterocycles. The summed E-state index contributed by atoms with van der Waals surface area (Å²) in [6, 6.07) is 55.8. The highest BCUT2D eigenvalue weighted by atomic mass is 15.2. The van der Waals surface area contributed by atoms with Crippen LogP contribution in [0.2, 0.25) is 0 Å². The fourth-order valence-electron chi connectivity index (χ4n) is 12.7. The van der Waals surface area contributed by atoms with Crippen LogP contribution in [0.4, 0.5) is 17.1 Å². The maximum Gasteiger partial charge on any atom is 0.252 e. The van der Waals surface area contributed by atoms with Crippen LogP contribution in [0.3, 0.4) is 0 Å². The van der Waals surface area contributed by atoms with Gasteiger partial charge in [-0.2, -0.15) is 0 Å². The third-order valence-electron chi connectivity index (χ3n) is 15.7.